The molecule has 0 bridgehead atoms. The van der Waals surface area contributed by atoms with Crippen LogP contribution >= 0.6 is 0 Å². The quantitative estimate of drug-likeness (QED) is 0.494. The van der Waals surface area contributed by atoms with Crippen molar-refractivity contribution in [2.24, 2.45) is 0 Å². The van der Waals surface area contributed by atoms with Crippen molar-refractivity contribution in [1.29, 1.82) is 0 Å². The van der Waals surface area contributed by atoms with Gasteiger partial charge in [0.05, 0.1) is 12.7 Å². The molecule has 0 aromatic rings. The Morgan fingerprint density at radius 1 is 0.960 bits per heavy atom. The monoisotopic (exact) mass is 372 g/mol. The van der Waals surface area contributed by atoms with Crippen molar-refractivity contribution >= 4 is 8.32 Å². The molecule has 2 unspecified atom stereocenters. The summed E-state index contributed by atoms with van der Waals surface area (Å²) in [5.74, 6) is -1.32. The van der Waals surface area contributed by atoms with E-state index < -0.39 is 19.9 Å². The molecule has 0 aromatic carbocycles. The van der Waals surface area contributed by atoms with E-state index in [4.69, 9.17) is 23.4 Å². The van der Waals surface area contributed by atoms with Gasteiger partial charge in [0.25, 0.3) is 0 Å². The lowest BCUT2D eigenvalue weighted by atomic mass is 10.0. The van der Waals surface area contributed by atoms with Crippen LogP contribution in [0.3, 0.4) is 0 Å². The molecule has 5 nitrogen and oxygen atoms in total. The first-order valence-corrected chi connectivity index (χ1v) is 12.1. The van der Waals surface area contributed by atoms with E-state index in [0.29, 0.717) is 6.61 Å². The summed E-state index contributed by atoms with van der Waals surface area (Å²) in [6.45, 7) is 18.8. The van der Waals surface area contributed by atoms with Crippen molar-refractivity contribution in [3.63, 3.8) is 0 Å². The highest BCUT2D eigenvalue weighted by molar-refractivity contribution is 6.73. The molecule has 2 heterocycles. The van der Waals surface area contributed by atoms with Crippen LogP contribution in [0.2, 0.25) is 18.1 Å². The molecule has 0 amide bonds. The van der Waals surface area contributed by atoms with E-state index in [1.165, 1.54) is 0 Å². The van der Waals surface area contributed by atoms with Crippen LogP contribution in [-0.2, 0) is 23.4 Å². The van der Waals surface area contributed by atoms with Gasteiger partial charge in [-0.2, -0.15) is 0 Å². The second kappa shape index (κ2) is 7.78. The van der Waals surface area contributed by atoms with Crippen molar-refractivity contribution < 1.29 is 23.4 Å². The zero-order valence-electron chi connectivity index (χ0n) is 17.0. The van der Waals surface area contributed by atoms with Crippen molar-refractivity contribution in [2.45, 2.75) is 103 Å². The maximum atomic E-state index is 6.72. The topological polar surface area (TPSA) is 46.2 Å². The van der Waals surface area contributed by atoms with E-state index in [-0.39, 0.29) is 24.4 Å². The highest BCUT2D eigenvalue weighted by atomic mass is 28.4. The fourth-order valence-corrected chi connectivity index (χ4v) is 6.61. The molecular weight excluding hydrogens is 336 g/mol. The second-order valence-corrected chi connectivity index (χ2v) is 12.7. The molecule has 0 N–H and O–H groups in total. The smallest absolute Gasteiger partial charge is 0.192 e. The fourth-order valence-electron chi connectivity index (χ4n) is 3.77. The van der Waals surface area contributed by atoms with Gasteiger partial charge < -0.3 is 23.4 Å². The Balaban J connectivity index is 2.27. The van der Waals surface area contributed by atoms with E-state index in [0.717, 1.165) is 18.1 Å². The molecule has 2 aliphatic rings. The Labute approximate surface area is 154 Å². The first-order chi connectivity index (χ1) is 11.6. The molecule has 0 saturated carbocycles. The van der Waals surface area contributed by atoms with Gasteiger partial charge in [0.2, 0.25) is 0 Å². The van der Waals surface area contributed by atoms with E-state index in [9.17, 15) is 0 Å². The lowest BCUT2D eigenvalue weighted by Gasteiger charge is -2.46. The molecular formula is C19H36O5Si. The van der Waals surface area contributed by atoms with Gasteiger partial charge >= 0.3 is 0 Å². The van der Waals surface area contributed by atoms with Gasteiger partial charge in [-0.15, -0.1) is 6.58 Å². The largest absolute Gasteiger partial charge is 0.409 e. The summed E-state index contributed by atoms with van der Waals surface area (Å²) in [7, 11) is -1.79. The molecule has 146 valence electrons. The van der Waals surface area contributed by atoms with E-state index in [1.807, 2.05) is 27.7 Å². The maximum absolute atomic E-state index is 6.72. The molecule has 4 atom stereocenters. The SMILES string of the molecule is C=CC1OC(C)(C)O[C@H]1[C@@H]1OC(C)(C)OCC1O[Si](CC)(CC)CC. The third kappa shape index (κ3) is 4.73. The predicted octanol–water partition coefficient (Wildman–Crippen LogP) is 4.23. The van der Waals surface area contributed by atoms with Gasteiger partial charge in [0.15, 0.2) is 19.9 Å². The van der Waals surface area contributed by atoms with E-state index in [2.05, 4.69) is 27.4 Å². The normalized spacial score (nSPS) is 34.8. The second-order valence-electron chi connectivity index (χ2n) is 7.99. The van der Waals surface area contributed by atoms with Crippen molar-refractivity contribution in [3.8, 4) is 0 Å². The Morgan fingerprint density at radius 2 is 1.52 bits per heavy atom. The molecule has 2 rings (SSSR count). The van der Waals surface area contributed by atoms with Crippen LogP contribution in [0.5, 0.6) is 0 Å². The molecule has 0 spiro atoms. The summed E-state index contributed by atoms with van der Waals surface area (Å²) < 4.78 is 31.1. The van der Waals surface area contributed by atoms with Crippen LogP contribution in [0, 0.1) is 0 Å². The average Bonchev–Trinajstić information content (AvgIpc) is 2.88. The average molecular weight is 373 g/mol. The van der Waals surface area contributed by atoms with Crippen LogP contribution in [0.25, 0.3) is 0 Å². The lowest BCUT2D eigenvalue weighted by molar-refractivity contribution is -0.319. The first kappa shape index (κ1) is 21.1. The minimum Gasteiger partial charge on any atom is -0.409 e. The Hall–Kier alpha value is -0.243. The van der Waals surface area contributed by atoms with Gasteiger partial charge in [-0.25, -0.2) is 0 Å². The predicted molar refractivity (Wildman–Crippen MR) is 101 cm³/mol. The van der Waals surface area contributed by atoms with Gasteiger partial charge in [-0.1, -0.05) is 26.8 Å². The minimum absolute atomic E-state index is 0.149. The zero-order chi connectivity index (χ0) is 18.9. The molecule has 2 saturated heterocycles. The number of rotatable bonds is 7. The van der Waals surface area contributed by atoms with Gasteiger partial charge in [-0.3, -0.25) is 0 Å². The Bertz CT molecular complexity index is 452. The molecule has 2 fully saturated rings. The Morgan fingerprint density at radius 3 is 2.04 bits per heavy atom. The molecule has 6 heteroatoms. The van der Waals surface area contributed by atoms with Gasteiger partial charge in [0, 0.05) is 0 Å². The number of ether oxygens (including phenoxy) is 4. The van der Waals surface area contributed by atoms with Gasteiger partial charge in [-0.05, 0) is 45.8 Å². The molecule has 25 heavy (non-hydrogen) atoms. The maximum Gasteiger partial charge on any atom is 0.192 e. The third-order valence-electron chi connectivity index (χ3n) is 5.44. The summed E-state index contributed by atoms with van der Waals surface area (Å²) in [4.78, 5) is 0. The first-order valence-electron chi connectivity index (χ1n) is 9.58. The van der Waals surface area contributed by atoms with Crippen LogP contribution < -0.4 is 0 Å². The highest BCUT2D eigenvalue weighted by Crippen LogP contribution is 2.38. The standard InChI is InChI=1S/C19H36O5Si/c1-9-14-16(23-19(7,8)21-14)17-15(13-20-18(5,6)22-17)24-25(10-2,11-3)12-4/h9,14-17H,1,10-13H2,2-8H3/t14?,15?,16-,17-/m1/s1. The third-order valence-corrected chi connectivity index (χ3v) is 10.1. The summed E-state index contributed by atoms with van der Waals surface area (Å²) in [5, 5.41) is 0. The summed E-state index contributed by atoms with van der Waals surface area (Å²) in [6, 6.07) is 3.26. The van der Waals surface area contributed by atoms with E-state index >= 15 is 0 Å². The summed E-state index contributed by atoms with van der Waals surface area (Å²) in [6.07, 6.45) is 0.931. The van der Waals surface area contributed by atoms with Crippen molar-refractivity contribution in [3.05, 3.63) is 12.7 Å². The molecule has 0 radical (unpaired) electrons. The molecule has 0 aliphatic carbocycles. The number of hydrogen-bond acceptors (Lipinski definition) is 5. The van der Waals surface area contributed by atoms with Crippen LogP contribution in [0.1, 0.15) is 48.5 Å². The van der Waals surface area contributed by atoms with Crippen LogP contribution in [-0.4, -0.2) is 50.9 Å². The lowest BCUT2D eigenvalue weighted by Crippen LogP contribution is -2.59. The zero-order valence-corrected chi connectivity index (χ0v) is 18.0. The number of hydrogen-bond donors (Lipinski definition) is 0. The summed E-state index contributed by atoms with van der Waals surface area (Å²) in [5.41, 5.74) is 0. The van der Waals surface area contributed by atoms with Gasteiger partial charge in [0.1, 0.15) is 18.3 Å². The van der Waals surface area contributed by atoms with Crippen LogP contribution in [0.15, 0.2) is 12.7 Å². The molecule has 2 aliphatic heterocycles. The Kier molecular flexibility index (Phi) is 6.56. The molecule has 0 aromatic heterocycles. The van der Waals surface area contributed by atoms with Crippen molar-refractivity contribution in [2.75, 3.05) is 6.61 Å². The van der Waals surface area contributed by atoms with Crippen molar-refractivity contribution in [1.82, 2.24) is 0 Å². The minimum atomic E-state index is -1.79. The van der Waals surface area contributed by atoms with Crippen LogP contribution in [0.4, 0.5) is 0 Å². The van der Waals surface area contributed by atoms with E-state index in [1.54, 1.807) is 6.08 Å². The fraction of sp³-hybridized carbons (Fsp3) is 0.895. The highest BCUT2D eigenvalue weighted by Gasteiger charge is 2.52. The summed E-state index contributed by atoms with van der Waals surface area (Å²) >= 11 is 0.